The van der Waals surface area contributed by atoms with E-state index in [1.165, 1.54) is 5.56 Å². The Kier molecular flexibility index (Phi) is 5.51. The van der Waals surface area contributed by atoms with Gasteiger partial charge in [-0.05, 0) is 60.0 Å². The number of pyridine rings is 1. The number of aliphatic imine (C=N–C) groups is 1. The first-order valence-electron chi connectivity index (χ1n) is 13.5. The highest BCUT2D eigenvalue weighted by atomic mass is 16.2. The van der Waals surface area contributed by atoms with Gasteiger partial charge in [-0.2, -0.15) is 0 Å². The van der Waals surface area contributed by atoms with E-state index in [1.54, 1.807) is 0 Å². The van der Waals surface area contributed by atoms with E-state index in [1.807, 2.05) is 24.4 Å². The Balaban J connectivity index is 1.11. The quantitative estimate of drug-likeness (QED) is 0.561. The second-order valence-corrected chi connectivity index (χ2v) is 10.8. The molecule has 1 saturated heterocycles. The van der Waals surface area contributed by atoms with E-state index in [2.05, 4.69) is 82.9 Å². The average Bonchev–Trinajstić information content (AvgIpc) is 3.68. The fraction of sp³-hybridized carbons (Fsp3) is 0.281. The fourth-order valence-corrected chi connectivity index (χ4v) is 6.17. The summed E-state index contributed by atoms with van der Waals surface area (Å²) in [5.41, 5.74) is 7.19. The number of rotatable bonds is 4. The van der Waals surface area contributed by atoms with Crippen LogP contribution in [0.2, 0.25) is 0 Å². The number of allylic oxidation sites excluding steroid dienone is 1. The zero-order valence-electron chi connectivity index (χ0n) is 21.6. The highest BCUT2D eigenvalue weighted by Crippen LogP contribution is 2.64. The van der Waals surface area contributed by atoms with Gasteiger partial charge in [-0.15, -0.1) is 0 Å². The number of hydrogen-bond donors (Lipinski definition) is 1. The van der Waals surface area contributed by atoms with Crippen LogP contribution in [-0.2, 0) is 10.2 Å². The van der Waals surface area contributed by atoms with Crippen molar-refractivity contribution in [2.24, 2.45) is 4.99 Å². The minimum absolute atomic E-state index is 0.131. The third-order valence-corrected chi connectivity index (χ3v) is 8.47. The number of carbonyl (C=O) groups excluding carboxylic acids is 1. The molecule has 1 N–H and O–H groups in total. The molecule has 4 aliphatic rings. The Morgan fingerprint density at radius 1 is 1.03 bits per heavy atom. The van der Waals surface area contributed by atoms with Crippen molar-refractivity contribution in [1.82, 2.24) is 9.88 Å². The highest BCUT2D eigenvalue weighted by molar-refractivity contribution is 6.13. The molecule has 2 fully saturated rings. The standard InChI is InChI=1S/C32H31N5O/c1-36-15-17-37(18-16-36)30-13-9-22(21-34-30)8-12-28-25-11-10-24(19-23(25)5-4-14-33-28)27-20-32(27)26-6-2-3-7-29(26)35-31(32)38/h2-13,19,21,27H,14-18,20H2,1H3,(H,35,38)/b12-8+/t27?,32-/m0/s1. The predicted octanol–water partition coefficient (Wildman–Crippen LogP) is 4.74. The number of aromatic nitrogens is 1. The maximum atomic E-state index is 13.0. The molecule has 190 valence electrons. The summed E-state index contributed by atoms with van der Waals surface area (Å²) in [6.45, 7) is 4.81. The van der Waals surface area contributed by atoms with E-state index < -0.39 is 5.41 Å². The van der Waals surface area contributed by atoms with Crippen molar-refractivity contribution in [2.45, 2.75) is 17.8 Å². The summed E-state index contributed by atoms with van der Waals surface area (Å²) < 4.78 is 0. The van der Waals surface area contributed by atoms with Crippen LogP contribution in [0.25, 0.3) is 12.2 Å². The van der Waals surface area contributed by atoms with Crippen molar-refractivity contribution in [2.75, 3.05) is 50.0 Å². The van der Waals surface area contributed by atoms with Crippen LogP contribution < -0.4 is 10.2 Å². The van der Waals surface area contributed by atoms with Crippen LogP contribution >= 0.6 is 0 Å². The Labute approximate surface area is 223 Å². The smallest absolute Gasteiger partial charge is 0.235 e. The lowest BCUT2D eigenvalue weighted by Gasteiger charge is -2.33. The molecule has 2 atom stereocenters. The Bertz CT molecular complexity index is 1500. The summed E-state index contributed by atoms with van der Waals surface area (Å²) in [5.74, 6) is 1.38. The van der Waals surface area contributed by atoms with Gasteiger partial charge in [0.15, 0.2) is 0 Å². The molecule has 3 aliphatic heterocycles. The number of fused-ring (bicyclic) bond motifs is 3. The first-order valence-corrected chi connectivity index (χ1v) is 13.5. The lowest BCUT2D eigenvalue weighted by Crippen LogP contribution is -2.44. The number of amides is 1. The molecule has 1 aliphatic carbocycles. The van der Waals surface area contributed by atoms with Gasteiger partial charge in [-0.3, -0.25) is 9.79 Å². The molecular formula is C32H31N5O. The molecule has 1 spiro atoms. The van der Waals surface area contributed by atoms with Crippen LogP contribution in [0.3, 0.4) is 0 Å². The van der Waals surface area contributed by atoms with Crippen molar-refractivity contribution in [3.8, 4) is 0 Å². The normalized spacial score (nSPS) is 24.2. The SMILES string of the molecule is CN1CCN(c2ccc(/C=C/C3=NCC=Cc4cc(C5C[C@@]56C(=O)Nc5ccccc56)ccc43)cn2)CC1. The van der Waals surface area contributed by atoms with E-state index in [0.717, 1.165) is 72.1 Å². The van der Waals surface area contributed by atoms with Gasteiger partial charge in [0, 0.05) is 49.5 Å². The molecule has 38 heavy (non-hydrogen) atoms. The Morgan fingerprint density at radius 3 is 2.74 bits per heavy atom. The van der Waals surface area contributed by atoms with Crippen molar-refractivity contribution in [3.05, 3.63) is 101 Å². The predicted molar refractivity (Wildman–Crippen MR) is 154 cm³/mol. The summed E-state index contributed by atoms with van der Waals surface area (Å²) in [6.07, 6.45) is 11.3. The number of nitrogens with zero attached hydrogens (tertiary/aromatic N) is 4. The van der Waals surface area contributed by atoms with Crippen LogP contribution in [0.4, 0.5) is 11.5 Å². The number of piperazine rings is 1. The van der Waals surface area contributed by atoms with Crippen molar-refractivity contribution in [3.63, 3.8) is 0 Å². The van der Waals surface area contributed by atoms with Gasteiger partial charge in [-0.25, -0.2) is 4.98 Å². The lowest BCUT2D eigenvalue weighted by atomic mass is 9.90. The molecule has 1 unspecified atom stereocenters. The molecule has 0 radical (unpaired) electrons. The summed E-state index contributed by atoms with van der Waals surface area (Å²) in [5, 5.41) is 3.09. The second kappa shape index (κ2) is 9.07. The number of carbonyl (C=O) groups is 1. The summed E-state index contributed by atoms with van der Waals surface area (Å²) >= 11 is 0. The number of benzene rings is 2. The minimum atomic E-state index is -0.417. The van der Waals surface area contributed by atoms with Crippen LogP contribution in [0.15, 0.2) is 77.9 Å². The topological polar surface area (TPSA) is 60.8 Å². The van der Waals surface area contributed by atoms with Gasteiger partial charge >= 0.3 is 0 Å². The molecule has 6 nitrogen and oxygen atoms in total. The highest BCUT2D eigenvalue weighted by Gasteiger charge is 2.65. The average molecular weight is 502 g/mol. The molecule has 4 heterocycles. The van der Waals surface area contributed by atoms with Gasteiger partial charge in [0.2, 0.25) is 5.91 Å². The number of hydrogen-bond acceptors (Lipinski definition) is 5. The molecule has 1 saturated carbocycles. The first kappa shape index (κ1) is 23.1. The van der Waals surface area contributed by atoms with Crippen LogP contribution in [0.5, 0.6) is 0 Å². The van der Waals surface area contributed by atoms with E-state index in [9.17, 15) is 4.79 Å². The third kappa shape index (κ3) is 3.87. The van der Waals surface area contributed by atoms with Crippen molar-refractivity contribution < 1.29 is 4.79 Å². The zero-order valence-corrected chi connectivity index (χ0v) is 21.6. The Morgan fingerprint density at radius 2 is 1.89 bits per heavy atom. The van der Waals surface area contributed by atoms with Crippen LogP contribution in [0.1, 0.15) is 40.2 Å². The molecule has 6 heteroatoms. The molecule has 0 bridgehead atoms. The second-order valence-electron chi connectivity index (χ2n) is 10.8. The Hall–Kier alpha value is -4.03. The van der Waals surface area contributed by atoms with E-state index >= 15 is 0 Å². The molecule has 2 aromatic carbocycles. The van der Waals surface area contributed by atoms with Gasteiger partial charge in [0.1, 0.15) is 5.82 Å². The fourth-order valence-electron chi connectivity index (χ4n) is 6.17. The molecule has 1 aromatic heterocycles. The largest absolute Gasteiger partial charge is 0.354 e. The van der Waals surface area contributed by atoms with E-state index in [-0.39, 0.29) is 11.8 Å². The zero-order chi connectivity index (χ0) is 25.7. The maximum absolute atomic E-state index is 13.0. The maximum Gasteiger partial charge on any atom is 0.235 e. The van der Waals surface area contributed by atoms with Gasteiger partial charge < -0.3 is 15.1 Å². The molecule has 7 rings (SSSR count). The van der Waals surface area contributed by atoms with Gasteiger partial charge in [0.05, 0.1) is 17.7 Å². The van der Waals surface area contributed by atoms with Crippen molar-refractivity contribution in [1.29, 1.82) is 0 Å². The number of nitrogens with one attached hydrogen (secondary N) is 1. The summed E-state index contributed by atoms with van der Waals surface area (Å²) in [6, 6.07) is 19.0. The third-order valence-electron chi connectivity index (χ3n) is 8.47. The van der Waals surface area contributed by atoms with E-state index in [4.69, 9.17) is 9.98 Å². The number of anilines is 2. The number of para-hydroxylation sites is 1. The number of likely N-dealkylation sites (N-methyl/N-ethyl adjacent to an activating group) is 1. The monoisotopic (exact) mass is 501 g/mol. The van der Waals surface area contributed by atoms with E-state index in [0.29, 0.717) is 6.54 Å². The van der Waals surface area contributed by atoms with Crippen molar-refractivity contribution >= 4 is 35.3 Å². The van der Waals surface area contributed by atoms with Gasteiger partial charge in [-0.1, -0.05) is 54.6 Å². The summed E-state index contributed by atoms with van der Waals surface area (Å²) in [4.78, 5) is 27.2. The lowest BCUT2D eigenvalue weighted by molar-refractivity contribution is -0.118. The first-order chi connectivity index (χ1) is 18.6. The molecular weight excluding hydrogens is 470 g/mol. The summed E-state index contributed by atoms with van der Waals surface area (Å²) in [7, 11) is 2.17. The molecule has 1 amide bonds. The van der Waals surface area contributed by atoms with Crippen LogP contribution in [-0.4, -0.2) is 61.3 Å². The van der Waals surface area contributed by atoms with Crippen LogP contribution in [0, 0.1) is 0 Å². The van der Waals surface area contributed by atoms with Gasteiger partial charge in [0.25, 0.3) is 0 Å². The minimum Gasteiger partial charge on any atom is -0.354 e. The molecule has 3 aromatic rings.